The Balaban J connectivity index is 1.78. The molecule has 5 heteroatoms. The van der Waals surface area contributed by atoms with Crippen molar-refractivity contribution in [1.82, 2.24) is 10.1 Å². The molecule has 28 heavy (non-hydrogen) atoms. The van der Waals surface area contributed by atoms with E-state index in [1.54, 1.807) is 7.11 Å². The minimum atomic E-state index is 0.116. The van der Waals surface area contributed by atoms with Crippen molar-refractivity contribution in [2.24, 2.45) is 5.92 Å². The third-order valence-corrected chi connectivity index (χ3v) is 4.42. The van der Waals surface area contributed by atoms with Gasteiger partial charge in [-0.3, -0.25) is 4.79 Å². The lowest BCUT2D eigenvalue weighted by Crippen LogP contribution is -2.31. The molecule has 0 bridgehead atoms. The van der Waals surface area contributed by atoms with Gasteiger partial charge in [-0.25, -0.2) is 0 Å². The standard InChI is InChI=1S/C23H26N2O3/c1-17(2)12-23(26)25(15-18-8-5-4-6-9-18)16-20-14-22(28-24-20)19-10-7-11-21(13-19)27-3/h4-11,13-14,17H,12,15-16H2,1-3H3. The van der Waals surface area contributed by atoms with Crippen LogP contribution in [0.4, 0.5) is 0 Å². The fourth-order valence-electron chi connectivity index (χ4n) is 3.01. The monoisotopic (exact) mass is 378 g/mol. The number of hydrogen-bond donors (Lipinski definition) is 0. The van der Waals surface area contributed by atoms with Gasteiger partial charge in [0.2, 0.25) is 5.91 Å². The molecule has 0 saturated carbocycles. The molecule has 3 aromatic rings. The summed E-state index contributed by atoms with van der Waals surface area (Å²) < 4.78 is 10.8. The Kier molecular flexibility index (Phi) is 6.48. The number of amides is 1. The molecule has 0 aliphatic heterocycles. The molecule has 0 fully saturated rings. The van der Waals surface area contributed by atoms with Crippen LogP contribution in [-0.2, 0) is 17.9 Å². The van der Waals surface area contributed by atoms with Crippen molar-refractivity contribution in [3.05, 3.63) is 71.9 Å². The van der Waals surface area contributed by atoms with E-state index >= 15 is 0 Å². The van der Waals surface area contributed by atoms with Crippen LogP contribution in [0.15, 0.2) is 65.2 Å². The second-order valence-electron chi connectivity index (χ2n) is 7.25. The zero-order chi connectivity index (χ0) is 19.9. The minimum Gasteiger partial charge on any atom is -0.497 e. The van der Waals surface area contributed by atoms with Crippen LogP contribution < -0.4 is 4.74 Å². The number of methoxy groups -OCH3 is 1. The first-order valence-electron chi connectivity index (χ1n) is 9.47. The zero-order valence-corrected chi connectivity index (χ0v) is 16.6. The van der Waals surface area contributed by atoms with E-state index in [0.717, 1.165) is 22.6 Å². The molecule has 0 aliphatic rings. The fraction of sp³-hybridized carbons (Fsp3) is 0.304. The van der Waals surface area contributed by atoms with Crippen LogP contribution in [0.25, 0.3) is 11.3 Å². The Labute approximate surface area is 165 Å². The second-order valence-corrected chi connectivity index (χ2v) is 7.25. The lowest BCUT2D eigenvalue weighted by molar-refractivity contribution is -0.133. The van der Waals surface area contributed by atoms with E-state index in [2.05, 4.69) is 19.0 Å². The van der Waals surface area contributed by atoms with Crippen LogP contribution in [0.3, 0.4) is 0 Å². The first-order chi connectivity index (χ1) is 13.5. The Bertz CT molecular complexity index is 903. The van der Waals surface area contributed by atoms with Crippen molar-refractivity contribution in [2.75, 3.05) is 7.11 Å². The molecule has 0 radical (unpaired) electrons. The number of nitrogens with zero attached hydrogens (tertiary/aromatic N) is 2. The molecule has 3 rings (SSSR count). The molecule has 0 atom stereocenters. The van der Waals surface area contributed by atoms with Crippen LogP contribution in [0.5, 0.6) is 5.75 Å². The highest BCUT2D eigenvalue weighted by molar-refractivity contribution is 5.76. The summed E-state index contributed by atoms with van der Waals surface area (Å²) >= 11 is 0. The van der Waals surface area contributed by atoms with Gasteiger partial charge in [0.1, 0.15) is 11.4 Å². The molecule has 1 heterocycles. The smallest absolute Gasteiger partial charge is 0.223 e. The predicted molar refractivity (Wildman–Crippen MR) is 109 cm³/mol. The molecule has 1 amide bonds. The van der Waals surface area contributed by atoms with E-state index in [1.165, 1.54) is 0 Å². The quantitative estimate of drug-likeness (QED) is 0.558. The molecule has 0 aliphatic carbocycles. The van der Waals surface area contributed by atoms with E-state index in [-0.39, 0.29) is 5.91 Å². The third-order valence-electron chi connectivity index (χ3n) is 4.42. The molecule has 1 aromatic heterocycles. The van der Waals surface area contributed by atoms with E-state index in [0.29, 0.717) is 31.2 Å². The van der Waals surface area contributed by atoms with Crippen LogP contribution >= 0.6 is 0 Å². The number of hydrogen-bond acceptors (Lipinski definition) is 4. The van der Waals surface area contributed by atoms with Crippen molar-refractivity contribution in [3.63, 3.8) is 0 Å². The Hall–Kier alpha value is -3.08. The van der Waals surface area contributed by atoms with E-state index < -0.39 is 0 Å². The van der Waals surface area contributed by atoms with Gasteiger partial charge in [0.05, 0.1) is 13.7 Å². The molecule has 0 N–H and O–H groups in total. The van der Waals surface area contributed by atoms with Gasteiger partial charge in [0.15, 0.2) is 5.76 Å². The summed E-state index contributed by atoms with van der Waals surface area (Å²) in [7, 11) is 1.63. The average molecular weight is 378 g/mol. The highest BCUT2D eigenvalue weighted by atomic mass is 16.5. The number of carbonyl (C=O) groups is 1. The van der Waals surface area contributed by atoms with Crippen LogP contribution in [0.1, 0.15) is 31.5 Å². The SMILES string of the molecule is COc1cccc(-c2cc(CN(Cc3ccccc3)C(=O)CC(C)C)no2)c1. The van der Waals surface area contributed by atoms with Crippen molar-refractivity contribution in [3.8, 4) is 17.1 Å². The molecule has 0 unspecified atom stereocenters. The molecular formula is C23H26N2O3. The average Bonchev–Trinajstić information content (AvgIpc) is 3.16. The first kappa shape index (κ1) is 19.7. The summed E-state index contributed by atoms with van der Waals surface area (Å²) in [4.78, 5) is 14.6. The number of ether oxygens (including phenoxy) is 1. The number of rotatable bonds is 8. The van der Waals surface area contributed by atoms with Gasteiger partial charge in [-0.05, 0) is 23.6 Å². The van der Waals surface area contributed by atoms with Gasteiger partial charge in [0.25, 0.3) is 0 Å². The normalized spacial score (nSPS) is 10.9. The Morgan fingerprint density at radius 3 is 2.57 bits per heavy atom. The van der Waals surface area contributed by atoms with Crippen molar-refractivity contribution < 1.29 is 14.1 Å². The van der Waals surface area contributed by atoms with E-state index in [4.69, 9.17) is 9.26 Å². The summed E-state index contributed by atoms with van der Waals surface area (Å²) in [6, 6.07) is 19.5. The largest absolute Gasteiger partial charge is 0.497 e. The predicted octanol–water partition coefficient (Wildman–Crippen LogP) is 4.93. The topological polar surface area (TPSA) is 55.6 Å². The molecule has 0 saturated heterocycles. The second kappa shape index (κ2) is 9.22. The lowest BCUT2D eigenvalue weighted by atomic mass is 10.1. The summed E-state index contributed by atoms with van der Waals surface area (Å²) in [6.07, 6.45) is 0.507. The lowest BCUT2D eigenvalue weighted by Gasteiger charge is -2.22. The maximum atomic E-state index is 12.8. The van der Waals surface area contributed by atoms with Crippen molar-refractivity contribution >= 4 is 5.91 Å². The molecule has 2 aromatic carbocycles. The van der Waals surface area contributed by atoms with Crippen LogP contribution in [0.2, 0.25) is 0 Å². The molecular weight excluding hydrogens is 352 g/mol. The maximum absolute atomic E-state index is 12.8. The van der Waals surface area contributed by atoms with Crippen LogP contribution in [0, 0.1) is 5.92 Å². The number of carbonyl (C=O) groups excluding carboxylic acids is 1. The maximum Gasteiger partial charge on any atom is 0.223 e. The fourth-order valence-corrected chi connectivity index (χ4v) is 3.01. The van der Waals surface area contributed by atoms with Gasteiger partial charge in [0, 0.05) is 24.6 Å². The van der Waals surface area contributed by atoms with Crippen molar-refractivity contribution in [2.45, 2.75) is 33.4 Å². The summed E-state index contributed by atoms with van der Waals surface area (Å²) in [5.41, 5.74) is 2.71. The summed E-state index contributed by atoms with van der Waals surface area (Å²) in [6.45, 7) is 5.06. The van der Waals surface area contributed by atoms with Gasteiger partial charge in [-0.2, -0.15) is 0 Å². The minimum absolute atomic E-state index is 0.116. The molecule has 5 nitrogen and oxygen atoms in total. The Morgan fingerprint density at radius 1 is 1.07 bits per heavy atom. The summed E-state index contributed by atoms with van der Waals surface area (Å²) in [5, 5.41) is 4.18. The Morgan fingerprint density at radius 2 is 1.86 bits per heavy atom. The van der Waals surface area contributed by atoms with Crippen molar-refractivity contribution in [1.29, 1.82) is 0 Å². The highest BCUT2D eigenvalue weighted by Gasteiger charge is 2.18. The number of benzene rings is 2. The van der Waals surface area contributed by atoms with Gasteiger partial charge >= 0.3 is 0 Å². The molecule has 0 spiro atoms. The highest BCUT2D eigenvalue weighted by Crippen LogP contribution is 2.25. The number of aromatic nitrogens is 1. The summed E-state index contributed by atoms with van der Waals surface area (Å²) in [5.74, 6) is 1.83. The van der Waals surface area contributed by atoms with Crippen LogP contribution in [-0.4, -0.2) is 23.1 Å². The van der Waals surface area contributed by atoms with E-state index in [1.807, 2.05) is 65.6 Å². The van der Waals surface area contributed by atoms with E-state index in [9.17, 15) is 4.79 Å². The zero-order valence-electron chi connectivity index (χ0n) is 16.6. The molecule has 146 valence electrons. The van der Waals surface area contributed by atoms with Gasteiger partial charge in [-0.1, -0.05) is 61.5 Å². The first-order valence-corrected chi connectivity index (χ1v) is 9.47. The van der Waals surface area contributed by atoms with Gasteiger partial charge in [-0.15, -0.1) is 0 Å². The third kappa shape index (κ3) is 5.22. The van der Waals surface area contributed by atoms with Gasteiger partial charge < -0.3 is 14.2 Å².